The maximum absolute atomic E-state index is 14.0. The number of aromatic nitrogens is 1. The molecule has 1 aliphatic rings. The van der Waals surface area contributed by atoms with Crippen LogP contribution in [0.1, 0.15) is 25.3 Å². The van der Waals surface area contributed by atoms with Crippen LogP contribution in [0.15, 0.2) is 36.7 Å². The first kappa shape index (κ1) is 18.5. The van der Waals surface area contributed by atoms with Gasteiger partial charge in [0.1, 0.15) is 11.6 Å². The molecule has 1 aromatic carbocycles. The largest absolute Gasteiger partial charge is 0.466 e. The fraction of sp³-hybridized carbons (Fsp3) is 0.400. The van der Waals surface area contributed by atoms with Crippen LogP contribution >= 0.6 is 0 Å². The second-order valence-electron chi connectivity index (χ2n) is 6.53. The second kappa shape index (κ2) is 8.36. The Morgan fingerprint density at radius 1 is 1.31 bits per heavy atom. The van der Waals surface area contributed by atoms with E-state index in [9.17, 15) is 13.6 Å². The van der Waals surface area contributed by atoms with Crippen LogP contribution in [0.3, 0.4) is 0 Å². The Morgan fingerprint density at radius 2 is 2.15 bits per heavy atom. The number of esters is 1. The minimum absolute atomic E-state index is 0.111. The number of piperidine rings is 1. The van der Waals surface area contributed by atoms with E-state index in [-0.39, 0.29) is 17.5 Å². The number of pyridine rings is 1. The molecule has 1 saturated heterocycles. The van der Waals surface area contributed by atoms with Gasteiger partial charge in [0, 0.05) is 36.6 Å². The molecule has 1 fully saturated rings. The van der Waals surface area contributed by atoms with Gasteiger partial charge in [-0.05, 0) is 56.1 Å². The van der Waals surface area contributed by atoms with E-state index in [2.05, 4.69) is 9.88 Å². The third-order valence-electron chi connectivity index (χ3n) is 4.57. The van der Waals surface area contributed by atoms with Crippen LogP contribution < -0.4 is 0 Å². The van der Waals surface area contributed by atoms with Gasteiger partial charge in [-0.1, -0.05) is 0 Å². The maximum Gasteiger partial charge on any atom is 0.310 e. The summed E-state index contributed by atoms with van der Waals surface area (Å²) in [7, 11) is 0. The molecule has 1 aliphatic heterocycles. The number of likely N-dealkylation sites (tertiary alicyclic amines) is 1. The lowest BCUT2D eigenvalue weighted by atomic mass is 9.97. The maximum atomic E-state index is 14.0. The van der Waals surface area contributed by atoms with Crippen molar-refractivity contribution >= 4 is 5.97 Å². The molecule has 0 radical (unpaired) electrons. The summed E-state index contributed by atoms with van der Waals surface area (Å²) in [6.45, 7) is 4.32. The lowest BCUT2D eigenvalue weighted by molar-refractivity contribution is -0.150. The summed E-state index contributed by atoms with van der Waals surface area (Å²) in [5.41, 5.74) is 1.64. The predicted molar refractivity (Wildman–Crippen MR) is 94.2 cm³/mol. The number of carbonyl (C=O) groups excluding carboxylic acids is 1. The molecule has 0 unspecified atom stereocenters. The quantitative estimate of drug-likeness (QED) is 0.761. The molecule has 1 aromatic heterocycles. The molecule has 2 heterocycles. The first-order chi connectivity index (χ1) is 12.6. The third-order valence-corrected chi connectivity index (χ3v) is 4.57. The number of ether oxygens (including phenoxy) is 1. The molecule has 0 spiro atoms. The summed E-state index contributed by atoms with van der Waals surface area (Å²) in [6, 6.07) is 5.21. The number of rotatable bonds is 5. The Labute approximate surface area is 151 Å². The lowest BCUT2D eigenvalue weighted by Crippen LogP contribution is -2.38. The standard InChI is InChI=1S/C20H22F2N2O2/c1-2-26-20(25)15-4-3-7-24(13-15)12-14-8-16(11-23-10-14)18-9-17(21)5-6-19(18)22/h5-6,8-11,15H,2-4,7,12-13H2,1H3/t15-/m1/s1. The Hall–Kier alpha value is -2.34. The highest BCUT2D eigenvalue weighted by Crippen LogP contribution is 2.25. The Bertz CT molecular complexity index is 782. The van der Waals surface area contributed by atoms with Gasteiger partial charge in [-0.15, -0.1) is 0 Å². The van der Waals surface area contributed by atoms with Gasteiger partial charge in [-0.25, -0.2) is 8.78 Å². The zero-order valence-electron chi connectivity index (χ0n) is 14.8. The molecule has 3 rings (SSSR count). The normalized spacial score (nSPS) is 17.9. The first-order valence-corrected chi connectivity index (χ1v) is 8.85. The van der Waals surface area contributed by atoms with Gasteiger partial charge in [0.2, 0.25) is 0 Å². The molecule has 2 aromatic rings. The van der Waals surface area contributed by atoms with Crippen molar-refractivity contribution in [2.24, 2.45) is 5.92 Å². The molecule has 0 bridgehead atoms. The number of hydrogen-bond donors (Lipinski definition) is 0. The van der Waals surface area contributed by atoms with Gasteiger partial charge in [0.25, 0.3) is 0 Å². The SMILES string of the molecule is CCOC(=O)[C@@H]1CCCN(Cc2cncc(-c3cc(F)ccc3F)c2)C1. The van der Waals surface area contributed by atoms with Crippen molar-refractivity contribution in [3.8, 4) is 11.1 Å². The summed E-state index contributed by atoms with van der Waals surface area (Å²) in [5.74, 6) is -1.22. The monoisotopic (exact) mass is 360 g/mol. The third kappa shape index (κ3) is 4.43. The van der Waals surface area contributed by atoms with E-state index in [0.717, 1.165) is 37.1 Å². The van der Waals surface area contributed by atoms with Crippen molar-refractivity contribution in [1.82, 2.24) is 9.88 Å². The summed E-state index contributed by atoms with van der Waals surface area (Å²) in [6.07, 6.45) is 5.00. The molecule has 0 saturated carbocycles. The number of benzene rings is 1. The number of hydrogen-bond acceptors (Lipinski definition) is 4. The average Bonchev–Trinajstić information content (AvgIpc) is 2.64. The van der Waals surface area contributed by atoms with Crippen molar-refractivity contribution in [3.63, 3.8) is 0 Å². The summed E-state index contributed by atoms with van der Waals surface area (Å²) >= 11 is 0. The van der Waals surface area contributed by atoms with E-state index in [1.54, 1.807) is 13.1 Å². The molecule has 4 nitrogen and oxygen atoms in total. The predicted octanol–water partition coefficient (Wildman–Crippen LogP) is 3.80. The summed E-state index contributed by atoms with van der Waals surface area (Å²) in [4.78, 5) is 18.3. The van der Waals surface area contributed by atoms with Crippen LogP contribution in [0.2, 0.25) is 0 Å². The van der Waals surface area contributed by atoms with Gasteiger partial charge in [-0.3, -0.25) is 14.7 Å². The van der Waals surface area contributed by atoms with E-state index >= 15 is 0 Å². The van der Waals surface area contributed by atoms with Crippen molar-refractivity contribution in [2.45, 2.75) is 26.3 Å². The van der Waals surface area contributed by atoms with Crippen LogP contribution in [0.5, 0.6) is 0 Å². The molecular formula is C20H22F2N2O2. The molecule has 26 heavy (non-hydrogen) atoms. The number of nitrogens with zero attached hydrogens (tertiary/aromatic N) is 2. The molecule has 0 N–H and O–H groups in total. The minimum Gasteiger partial charge on any atom is -0.466 e. The topological polar surface area (TPSA) is 42.4 Å². The average molecular weight is 360 g/mol. The molecule has 0 amide bonds. The minimum atomic E-state index is -0.486. The number of carbonyl (C=O) groups is 1. The zero-order valence-corrected chi connectivity index (χ0v) is 14.8. The van der Waals surface area contributed by atoms with Crippen LogP contribution in [-0.4, -0.2) is 35.5 Å². The van der Waals surface area contributed by atoms with Crippen LogP contribution in [-0.2, 0) is 16.1 Å². The Balaban J connectivity index is 1.72. The van der Waals surface area contributed by atoms with Gasteiger partial charge >= 0.3 is 5.97 Å². The highest BCUT2D eigenvalue weighted by molar-refractivity contribution is 5.72. The molecule has 138 valence electrons. The van der Waals surface area contributed by atoms with Gasteiger partial charge in [0.15, 0.2) is 0 Å². The summed E-state index contributed by atoms with van der Waals surface area (Å²) < 4.78 is 32.6. The molecular weight excluding hydrogens is 338 g/mol. The van der Waals surface area contributed by atoms with E-state index in [4.69, 9.17) is 4.74 Å². The second-order valence-corrected chi connectivity index (χ2v) is 6.53. The Kier molecular flexibility index (Phi) is 5.93. The first-order valence-electron chi connectivity index (χ1n) is 8.85. The van der Waals surface area contributed by atoms with E-state index < -0.39 is 11.6 Å². The van der Waals surface area contributed by atoms with Crippen molar-refractivity contribution in [2.75, 3.05) is 19.7 Å². The van der Waals surface area contributed by atoms with Gasteiger partial charge in [-0.2, -0.15) is 0 Å². The van der Waals surface area contributed by atoms with Gasteiger partial charge in [0.05, 0.1) is 12.5 Å². The van der Waals surface area contributed by atoms with Crippen molar-refractivity contribution < 1.29 is 18.3 Å². The van der Waals surface area contributed by atoms with Crippen molar-refractivity contribution in [1.29, 1.82) is 0 Å². The zero-order chi connectivity index (χ0) is 18.5. The highest BCUT2D eigenvalue weighted by Gasteiger charge is 2.26. The van der Waals surface area contributed by atoms with Crippen LogP contribution in [0.25, 0.3) is 11.1 Å². The lowest BCUT2D eigenvalue weighted by Gasteiger charge is -2.31. The van der Waals surface area contributed by atoms with Crippen LogP contribution in [0, 0.1) is 17.6 Å². The van der Waals surface area contributed by atoms with Crippen molar-refractivity contribution in [3.05, 3.63) is 53.9 Å². The molecule has 0 aliphatic carbocycles. The Morgan fingerprint density at radius 3 is 2.96 bits per heavy atom. The highest BCUT2D eigenvalue weighted by atomic mass is 19.1. The summed E-state index contributed by atoms with van der Waals surface area (Å²) in [5, 5.41) is 0. The van der Waals surface area contributed by atoms with E-state index in [0.29, 0.717) is 25.3 Å². The van der Waals surface area contributed by atoms with E-state index in [1.165, 1.54) is 12.3 Å². The number of halogens is 2. The van der Waals surface area contributed by atoms with E-state index in [1.807, 2.05) is 6.07 Å². The molecule has 6 heteroatoms. The smallest absolute Gasteiger partial charge is 0.310 e. The van der Waals surface area contributed by atoms with Crippen LogP contribution in [0.4, 0.5) is 8.78 Å². The molecule has 1 atom stereocenters. The van der Waals surface area contributed by atoms with Gasteiger partial charge < -0.3 is 4.74 Å². The fourth-order valence-electron chi connectivity index (χ4n) is 3.35. The fourth-order valence-corrected chi connectivity index (χ4v) is 3.35.